The van der Waals surface area contributed by atoms with Crippen LogP contribution in [0.3, 0.4) is 0 Å². The van der Waals surface area contributed by atoms with Crippen LogP contribution in [-0.2, 0) is 0 Å². The minimum Gasteiger partial charge on any atom is -0.0741 e. The van der Waals surface area contributed by atoms with Crippen LogP contribution < -0.4 is 0 Å². The van der Waals surface area contributed by atoms with Crippen molar-refractivity contribution in [3.05, 3.63) is 34.4 Å². The van der Waals surface area contributed by atoms with E-state index in [1.165, 1.54) is 83.5 Å². The van der Waals surface area contributed by atoms with Gasteiger partial charge in [-0.3, -0.25) is 0 Å². The quantitative estimate of drug-likeness (QED) is 0.369. The van der Waals surface area contributed by atoms with Crippen LogP contribution in [0, 0.1) is 29.1 Å². The molecule has 4 rings (SSSR count). The first kappa shape index (κ1) is 20.5. The zero-order chi connectivity index (χ0) is 19.7. The normalized spacial score (nSPS) is 35.4. The second kappa shape index (κ2) is 8.53. The molecule has 0 amide bonds. The lowest BCUT2D eigenvalue weighted by Crippen LogP contribution is -2.19. The van der Waals surface area contributed by atoms with Crippen molar-refractivity contribution >= 4 is 0 Å². The van der Waals surface area contributed by atoms with Crippen LogP contribution in [-0.4, -0.2) is 0 Å². The third-order valence-electron chi connectivity index (χ3n) is 9.43. The van der Waals surface area contributed by atoms with Crippen molar-refractivity contribution < 1.29 is 0 Å². The van der Waals surface area contributed by atoms with Gasteiger partial charge >= 0.3 is 0 Å². The average molecular weight is 381 g/mol. The Kier molecular flexibility index (Phi) is 6.24. The second-order valence-electron chi connectivity index (χ2n) is 10.9. The minimum atomic E-state index is 0.622. The molecule has 28 heavy (non-hydrogen) atoms. The van der Waals surface area contributed by atoms with Crippen molar-refractivity contribution in [3.63, 3.8) is 0 Å². The largest absolute Gasteiger partial charge is 0.0741 e. The highest BCUT2D eigenvalue weighted by atomic mass is 14.6. The van der Waals surface area contributed by atoms with Gasteiger partial charge in [-0.1, -0.05) is 68.1 Å². The van der Waals surface area contributed by atoms with Crippen LogP contribution in [0.25, 0.3) is 0 Å². The van der Waals surface area contributed by atoms with Gasteiger partial charge in [-0.05, 0) is 107 Å². The Balaban J connectivity index is 1.39. The summed E-state index contributed by atoms with van der Waals surface area (Å²) in [6.07, 6.45) is 23.5. The standard InChI is InChI=1S/C28H44/c1-5-27-22(4)28(27,17-9-10-20(2)23-11-6-7-12-23)19-26-16-15-25(18-21(26)3)24-13-8-14-24/h15-16,21-22,24,27H,5-14,17-19H2,1-4H3. The third kappa shape index (κ3) is 3.95. The van der Waals surface area contributed by atoms with Gasteiger partial charge in [0.1, 0.15) is 0 Å². The fourth-order valence-electron chi connectivity index (χ4n) is 7.07. The summed E-state index contributed by atoms with van der Waals surface area (Å²) in [6, 6.07) is 0. The molecule has 0 bridgehead atoms. The molecule has 156 valence electrons. The topological polar surface area (TPSA) is 0 Å². The molecule has 3 saturated carbocycles. The molecule has 0 nitrogen and oxygen atoms in total. The SMILES string of the molecule is CCC1C(C)C1(CCCC(C)=C1CCCC1)CC1=CC=C(C2CCC2)CC1C. The van der Waals surface area contributed by atoms with E-state index in [1.54, 1.807) is 16.7 Å². The van der Waals surface area contributed by atoms with E-state index in [-0.39, 0.29) is 0 Å². The fourth-order valence-corrected chi connectivity index (χ4v) is 7.07. The van der Waals surface area contributed by atoms with Crippen molar-refractivity contribution in [1.82, 2.24) is 0 Å². The highest BCUT2D eigenvalue weighted by Crippen LogP contribution is 2.67. The molecule has 4 unspecified atom stereocenters. The Morgan fingerprint density at radius 1 is 1.07 bits per heavy atom. The summed E-state index contributed by atoms with van der Waals surface area (Å²) in [6.45, 7) is 9.93. The first-order valence-electron chi connectivity index (χ1n) is 12.6. The molecular formula is C28H44. The summed E-state index contributed by atoms with van der Waals surface area (Å²) in [5.41, 5.74) is 7.72. The van der Waals surface area contributed by atoms with Gasteiger partial charge in [-0.15, -0.1) is 0 Å². The highest BCUT2D eigenvalue weighted by molar-refractivity contribution is 5.31. The van der Waals surface area contributed by atoms with Crippen molar-refractivity contribution in [1.29, 1.82) is 0 Å². The first-order chi connectivity index (χ1) is 13.5. The lowest BCUT2D eigenvalue weighted by molar-refractivity contribution is 0.338. The number of allylic oxidation sites excluding steroid dienone is 6. The van der Waals surface area contributed by atoms with Gasteiger partial charge in [0.25, 0.3) is 0 Å². The Hall–Kier alpha value is -0.780. The zero-order valence-electron chi connectivity index (χ0n) is 19.2. The van der Waals surface area contributed by atoms with Crippen LogP contribution in [0.4, 0.5) is 0 Å². The molecule has 4 aliphatic carbocycles. The molecule has 4 aliphatic rings. The van der Waals surface area contributed by atoms with Gasteiger partial charge in [0.05, 0.1) is 0 Å². The smallest absolute Gasteiger partial charge is 0.0191 e. The number of rotatable bonds is 8. The van der Waals surface area contributed by atoms with Crippen molar-refractivity contribution in [2.24, 2.45) is 29.1 Å². The van der Waals surface area contributed by atoms with E-state index in [4.69, 9.17) is 0 Å². The van der Waals surface area contributed by atoms with Gasteiger partial charge in [-0.2, -0.15) is 0 Å². The van der Waals surface area contributed by atoms with Crippen LogP contribution >= 0.6 is 0 Å². The summed E-state index contributed by atoms with van der Waals surface area (Å²) >= 11 is 0. The maximum atomic E-state index is 2.56. The third-order valence-corrected chi connectivity index (χ3v) is 9.43. The molecule has 0 N–H and O–H groups in total. The Bertz CT molecular complexity index is 648. The van der Waals surface area contributed by atoms with Gasteiger partial charge in [0.2, 0.25) is 0 Å². The van der Waals surface area contributed by atoms with Gasteiger partial charge in [0.15, 0.2) is 0 Å². The summed E-state index contributed by atoms with van der Waals surface area (Å²) in [4.78, 5) is 0. The lowest BCUT2D eigenvalue weighted by Gasteiger charge is -2.33. The molecule has 0 aromatic heterocycles. The summed E-state index contributed by atoms with van der Waals surface area (Å²) in [5.74, 6) is 3.62. The van der Waals surface area contributed by atoms with Crippen LogP contribution in [0.2, 0.25) is 0 Å². The molecule has 0 aliphatic heterocycles. The predicted molar refractivity (Wildman–Crippen MR) is 122 cm³/mol. The first-order valence-corrected chi connectivity index (χ1v) is 12.6. The summed E-state index contributed by atoms with van der Waals surface area (Å²) < 4.78 is 0. The molecule has 3 fully saturated rings. The highest BCUT2D eigenvalue weighted by Gasteiger charge is 2.59. The molecule has 0 aromatic carbocycles. The second-order valence-corrected chi connectivity index (χ2v) is 10.9. The van der Waals surface area contributed by atoms with E-state index < -0.39 is 0 Å². The van der Waals surface area contributed by atoms with E-state index in [1.807, 2.05) is 5.57 Å². The van der Waals surface area contributed by atoms with Crippen molar-refractivity contribution in [2.45, 2.75) is 111 Å². The van der Waals surface area contributed by atoms with Crippen molar-refractivity contribution in [3.8, 4) is 0 Å². The molecule has 0 heterocycles. The molecular weight excluding hydrogens is 336 g/mol. The summed E-state index contributed by atoms with van der Waals surface area (Å²) in [7, 11) is 0. The van der Waals surface area contributed by atoms with Gasteiger partial charge in [-0.25, -0.2) is 0 Å². The maximum Gasteiger partial charge on any atom is -0.0191 e. The Morgan fingerprint density at radius 3 is 2.39 bits per heavy atom. The van der Waals surface area contributed by atoms with E-state index in [2.05, 4.69) is 39.8 Å². The van der Waals surface area contributed by atoms with E-state index >= 15 is 0 Å². The lowest BCUT2D eigenvalue weighted by atomic mass is 9.72. The van der Waals surface area contributed by atoms with E-state index in [9.17, 15) is 0 Å². The number of hydrogen-bond donors (Lipinski definition) is 0. The molecule has 0 saturated heterocycles. The molecule has 0 aromatic rings. The molecule has 4 atom stereocenters. The minimum absolute atomic E-state index is 0.622. The van der Waals surface area contributed by atoms with Gasteiger partial charge in [0, 0.05) is 0 Å². The molecule has 0 spiro atoms. The summed E-state index contributed by atoms with van der Waals surface area (Å²) in [5, 5.41) is 0. The van der Waals surface area contributed by atoms with E-state index in [0.717, 1.165) is 23.7 Å². The van der Waals surface area contributed by atoms with Crippen molar-refractivity contribution in [2.75, 3.05) is 0 Å². The van der Waals surface area contributed by atoms with E-state index in [0.29, 0.717) is 5.41 Å². The zero-order valence-corrected chi connectivity index (χ0v) is 19.2. The average Bonchev–Trinajstić information content (AvgIpc) is 3.01. The fraction of sp³-hybridized carbons (Fsp3) is 0.786. The van der Waals surface area contributed by atoms with Gasteiger partial charge < -0.3 is 0 Å². The maximum absolute atomic E-state index is 2.56. The number of hydrogen-bond acceptors (Lipinski definition) is 0. The Labute approximate surface area is 175 Å². The molecule has 0 radical (unpaired) electrons. The van der Waals surface area contributed by atoms with Crippen LogP contribution in [0.15, 0.2) is 34.4 Å². The predicted octanol–water partition coefficient (Wildman–Crippen LogP) is 8.79. The monoisotopic (exact) mass is 380 g/mol. The van der Waals surface area contributed by atoms with Crippen LogP contribution in [0.1, 0.15) is 111 Å². The molecule has 0 heteroatoms. The Morgan fingerprint density at radius 2 is 1.82 bits per heavy atom. The van der Waals surface area contributed by atoms with Crippen LogP contribution in [0.5, 0.6) is 0 Å².